The number of hydrogen-bond donors (Lipinski definition) is 6. The minimum atomic E-state index is -2.19. The maximum atomic E-state index is 9.62. The smallest absolute Gasteiger partial charge is 0.357 e. The first-order valence-corrected chi connectivity index (χ1v) is 4.38. The van der Waals surface area contributed by atoms with Gasteiger partial charge >= 0.3 is 5.97 Å². The zero-order valence-electron chi connectivity index (χ0n) is 6.92. The fourth-order valence-corrected chi connectivity index (χ4v) is 0.224. The van der Waals surface area contributed by atoms with Crippen molar-refractivity contribution in [2.75, 3.05) is 13.2 Å². The summed E-state index contributed by atoms with van der Waals surface area (Å²) >= 11 is 6.34. The van der Waals surface area contributed by atoms with Crippen LogP contribution in [-0.4, -0.2) is 43.9 Å². The Labute approximate surface area is 87.2 Å². The monoisotopic (exact) mass is 230 g/mol. The van der Waals surface area contributed by atoms with E-state index < -0.39 is 10.2 Å². The summed E-state index contributed by atoms with van der Waals surface area (Å²) < 4.78 is -2.19. The lowest BCUT2D eigenvalue weighted by Gasteiger charge is -2.05. The number of carboxylic acid groups (broad SMARTS) is 1. The van der Waals surface area contributed by atoms with Crippen LogP contribution in [0.1, 0.15) is 12.8 Å². The van der Waals surface area contributed by atoms with Gasteiger partial charge in [-0.2, -0.15) is 0 Å². The van der Waals surface area contributed by atoms with Gasteiger partial charge in [0.2, 0.25) is 0 Å². The molecule has 80 valence electrons. The minimum absolute atomic E-state index is 0.195. The van der Waals surface area contributed by atoms with Gasteiger partial charge in [0.15, 0.2) is 0 Å². The lowest BCUT2D eigenvalue weighted by molar-refractivity contribution is -0.143. The molecule has 0 aliphatic heterocycles. The summed E-state index contributed by atoms with van der Waals surface area (Å²) in [5.74, 6) is -1.47. The maximum Gasteiger partial charge on any atom is 0.357 e. The Kier molecular flexibility index (Phi) is 10.3. The summed E-state index contributed by atoms with van der Waals surface area (Å²) in [4.78, 5) is 9.62. The van der Waals surface area contributed by atoms with Crippen molar-refractivity contribution in [2.24, 2.45) is 0 Å². The molecule has 0 aliphatic rings. The number of rotatable bonds is 4. The van der Waals surface area contributed by atoms with Gasteiger partial charge in [-0.15, -0.1) is 25.3 Å². The molecule has 5 nitrogen and oxygen atoms in total. The summed E-state index contributed by atoms with van der Waals surface area (Å²) in [6.07, 6.45) is 1.44. The van der Waals surface area contributed by atoms with Crippen LogP contribution in [0, 0.1) is 0 Å². The van der Waals surface area contributed by atoms with Gasteiger partial charge in [-0.3, -0.25) is 0 Å². The standard InChI is InChI=1S/C4H10O2.C2H4O3S2/c5-3-1-2-4-6;3-1(4)2(5,6)7/h5-6H,1-4H2;5-7H,(H,3,4). The van der Waals surface area contributed by atoms with Crippen molar-refractivity contribution < 1.29 is 25.2 Å². The number of carbonyl (C=O) groups is 1. The minimum Gasteiger partial charge on any atom is -0.478 e. The molecule has 0 saturated heterocycles. The SMILES string of the molecule is O=C(O)C(O)(S)S.OCCCCO. The van der Waals surface area contributed by atoms with Crippen LogP contribution in [0.25, 0.3) is 0 Å². The Morgan fingerprint density at radius 3 is 1.46 bits per heavy atom. The highest BCUT2D eigenvalue weighted by atomic mass is 32.2. The molecule has 0 unspecified atom stereocenters. The van der Waals surface area contributed by atoms with E-state index in [0.29, 0.717) is 0 Å². The fraction of sp³-hybridized carbons (Fsp3) is 0.833. The second-order valence-electron chi connectivity index (χ2n) is 2.09. The lowest BCUT2D eigenvalue weighted by atomic mass is 10.3. The first-order chi connectivity index (χ1) is 5.86. The molecule has 0 bridgehead atoms. The van der Waals surface area contributed by atoms with Crippen LogP contribution >= 0.6 is 25.3 Å². The average molecular weight is 230 g/mol. The molecule has 0 amide bonds. The first-order valence-electron chi connectivity index (χ1n) is 3.48. The third-order valence-corrected chi connectivity index (χ3v) is 1.24. The molecule has 0 aromatic heterocycles. The summed E-state index contributed by atoms with van der Waals surface area (Å²) in [5.41, 5.74) is 0. The van der Waals surface area contributed by atoms with E-state index in [0.717, 1.165) is 12.8 Å². The number of aliphatic carboxylic acids is 1. The lowest BCUT2D eigenvalue weighted by Crippen LogP contribution is -2.24. The summed E-state index contributed by atoms with van der Waals surface area (Å²) in [6.45, 7) is 0.390. The molecule has 0 saturated carbocycles. The van der Waals surface area contributed by atoms with Crippen molar-refractivity contribution in [3.63, 3.8) is 0 Å². The van der Waals surface area contributed by atoms with Crippen LogP contribution in [0.5, 0.6) is 0 Å². The molecule has 0 rings (SSSR count). The van der Waals surface area contributed by atoms with E-state index >= 15 is 0 Å². The Morgan fingerprint density at radius 2 is 1.38 bits per heavy atom. The number of thiol groups is 2. The summed E-state index contributed by atoms with van der Waals surface area (Å²) in [7, 11) is 0. The van der Waals surface area contributed by atoms with Gasteiger partial charge in [0.25, 0.3) is 4.27 Å². The van der Waals surface area contributed by atoms with Crippen molar-refractivity contribution in [3.8, 4) is 0 Å². The molecule has 0 aliphatic carbocycles. The van der Waals surface area contributed by atoms with Gasteiger partial charge in [-0.1, -0.05) is 0 Å². The van der Waals surface area contributed by atoms with Crippen LogP contribution in [0.2, 0.25) is 0 Å². The number of hydrogen-bond acceptors (Lipinski definition) is 6. The number of unbranched alkanes of at least 4 members (excludes halogenated alkanes) is 1. The molecule has 0 radical (unpaired) electrons. The van der Waals surface area contributed by atoms with E-state index in [1.807, 2.05) is 0 Å². The molecule has 0 spiro atoms. The van der Waals surface area contributed by atoms with Crippen molar-refractivity contribution >= 4 is 31.2 Å². The van der Waals surface area contributed by atoms with Crippen molar-refractivity contribution in [2.45, 2.75) is 17.1 Å². The van der Waals surface area contributed by atoms with Gasteiger partial charge < -0.3 is 20.4 Å². The van der Waals surface area contributed by atoms with Crippen LogP contribution in [-0.2, 0) is 4.79 Å². The Balaban J connectivity index is 0. The van der Waals surface area contributed by atoms with E-state index in [4.69, 9.17) is 20.4 Å². The largest absolute Gasteiger partial charge is 0.478 e. The maximum absolute atomic E-state index is 9.62. The average Bonchev–Trinajstić information content (AvgIpc) is 2.00. The predicted octanol–water partition coefficient (Wildman–Crippen LogP) is -0.672. The summed E-state index contributed by atoms with van der Waals surface area (Å²) in [6, 6.07) is 0. The van der Waals surface area contributed by atoms with E-state index in [9.17, 15) is 4.79 Å². The second-order valence-corrected chi connectivity index (χ2v) is 3.74. The zero-order valence-corrected chi connectivity index (χ0v) is 8.71. The van der Waals surface area contributed by atoms with Gasteiger partial charge in [0.05, 0.1) is 0 Å². The first kappa shape index (κ1) is 15.5. The van der Waals surface area contributed by atoms with Gasteiger partial charge in [0.1, 0.15) is 0 Å². The number of aliphatic hydroxyl groups is 3. The van der Waals surface area contributed by atoms with E-state index in [1.165, 1.54) is 0 Å². The number of carboxylic acids is 1. The van der Waals surface area contributed by atoms with Crippen molar-refractivity contribution in [3.05, 3.63) is 0 Å². The van der Waals surface area contributed by atoms with Crippen LogP contribution in [0.4, 0.5) is 0 Å². The molecule has 7 heteroatoms. The van der Waals surface area contributed by atoms with Crippen molar-refractivity contribution in [1.82, 2.24) is 0 Å². The van der Waals surface area contributed by atoms with Crippen molar-refractivity contribution in [1.29, 1.82) is 0 Å². The highest BCUT2D eigenvalue weighted by molar-refractivity contribution is 8.01. The molecule has 0 atom stereocenters. The van der Waals surface area contributed by atoms with E-state index in [2.05, 4.69) is 25.3 Å². The molecule has 4 N–H and O–H groups in total. The topological polar surface area (TPSA) is 98.0 Å². The Hall–Kier alpha value is 0.0500. The second kappa shape index (κ2) is 8.64. The highest BCUT2D eigenvalue weighted by Crippen LogP contribution is 2.13. The normalized spacial score (nSPS) is 10.2. The van der Waals surface area contributed by atoms with Gasteiger partial charge in [-0.25, -0.2) is 4.79 Å². The molecular weight excluding hydrogens is 216 g/mol. The number of aliphatic hydroxyl groups excluding tert-OH is 2. The third kappa shape index (κ3) is 14.9. The van der Waals surface area contributed by atoms with Crippen LogP contribution in [0.3, 0.4) is 0 Å². The molecule has 0 aromatic rings. The highest BCUT2D eigenvalue weighted by Gasteiger charge is 2.24. The van der Waals surface area contributed by atoms with E-state index in [1.54, 1.807) is 0 Å². The Morgan fingerprint density at radius 1 is 1.15 bits per heavy atom. The summed E-state index contributed by atoms with van der Waals surface area (Å²) in [5, 5.41) is 32.2. The van der Waals surface area contributed by atoms with E-state index in [-0.39, 0.29) is 13.2 Å². The van der Waals surface area contributed by atoms with Gasteiger partial charge in [-0.05, 0) is 12.8 Å². The zero-order chi connectivity index (χ0) is 10.9. The quantitative estimate of drug-likeness (QED) is 0.219. The molecule has 0 aromatic carbocycles. The Bertz CT molecular complexity index is 129. The van der Waals surface area contributed by atoms with Crippen LogP contribution < -0.4 is 0 Å². The predicted molar refractivity (Wildman–Crippen MR) is 54.0 cm³/mol. The van der Waals surface area contributed by atoms with Crippen LogP contribution in [0.15, 0.2) is 0 Å². The fourth-order valence-electron chi connectivity index (χ4n) is 0.224. The van der Waals surface area contributed by atoms with Gasteiger partial charge in [0, 0.05) is 13.2 Å². The molecule has 0 fully saturated rings. The molecule has 0 heterocycles. The molecule has 13 heavy (non-hydrogen) atoms. The molecular formula is C6H14O5S2. The third-order valence-electron chi connectivity index (χ3n) is 0.853.